The highest BCUT2D eigenvalue weighted by atomic mass is 16.3. The molecule has 2 aromatic carbocycles. The summed E-state index contributed by atoms with van der Waals surface area (Å²) < 4.78 is 1.68. The summed E-state index contributed by atoms with van der Waals surface area (Å²) >= 11 is 0. The summed E-state index contributed by atoms with van der Waals surface area (Å²) in [6, 6.07) is 14.0. The number of hydrogen-bond donors (Lipinski definition) is 1. The fourth-order valence-corrected chi connectivity index (χ4v) is 4.77. The van der Waals surface area contributed by atoms with E-state index in [0.717, 1.165) is 46.4 Å². The van der Waals surface area contributed by atoms with Crippen molar-refractivity contribution in [2.75, 3.05) is 0 Å². The molecule has 1 aromatic heterocycles. The van der Waals surface area contributed by atoms with Crippen LogP contribution in [0.1, 0.15) is 42.6 Å². The Balaban J connectivity index is 1.49. The van der Waals surface area contributed by atoms with Crippen LogP contribution in [0.4, 0.5) is 0 Å². The van der Waals surface area contributed by atoms with Gasteiger partial charge in [0.1, 0.15) is 5.69 Å². The zero-order valence-corrected chi connectivity index (χ0v) is 17.5. The third-order valence-electron chi connectivity index (χ3n) is 6.19. The molecule has 1 amide bonds. The number of benzene rings is 2. The Morgan fingerprint density at radius 3 is 2.40 bits per heavy atom. The first-order valence-electron chi connectivity index (χ1n) is 10.5. The molecule has 1 aliphatic heterocycles. The summed E-state index contributed by atoms with van der Waals surface area (Å²) in [5.41, 5.74) is 4.63. The molecule has 6 nitrogen and oxygen atoms in total. The number of carbonyl (C=O) groups is 1. The summed E-state index contributed by atoms with van der Waals surface area (Å²) in [4.78, 5) is 15.4. The highest BCUT2D eigenvalue weighted by molar-refractivity contribution is 6.04. The Morgan fingerprint density at radius 1 is 1.10 bits per heavy atom. The summed E-state index contributed by atoms with van der Waals surface area (Å²) in [5, 5.41) is 18.9. The van der Waals surface area contributed by atoms with Crippen molar-refractivity contribution in [2.45, 2.75) is 44.9 Å². The van der Waals surface area contributed by atoms with Crippen LogP contribution < -0.4 is 0 Å². The molecule has 0 radical (unpaired) electrons. The lowest BCUT2D eigenvalue weighted by Crippen LogP contribution is -2.51. The van der Waals surface area contributed by atoms with Crippen LogP contribution in [0.25, 0.3) is 22.4 Å². The van der Waals surface area contributed by atoms with E-state index in [0.29, 0.717) is 12.5 Å². The van der Waals surface area contributed by atoms with Crippen molar-refractivity contribution in [1.82, 2.24) is 19.9 Å². The third kappa shape index (κ3) is 3.21. The standard InChI is InChI=1S/C24H26N4O2/c1-24(2,30)22(17-11-12-17)28-13-18-5-4-6-19(21(18)23(28)29)15-7-9-16(10-8-15)20-14-27(3)26-25-20/h4-10,14,17,22,30H,11-13H2,1-3H3/t22-/m1/s1. The van der Waals surface area contributed by atoms with E-state index in [9.17, 15) is 9.90 Å². The van der Waals surface area contributed by atoms with Gasteiger partial charge in [-0.1, -0.05) is 47.7 Å². The molecule has 3 aromatic rings. The van der Waals surface area contributed by atoms with E-state index in [1.807, 2.05) is 74.5 Å². The van der Waals surface area contributed by atoms with Crippen LogP contribution >= 0.6 is 0 Å². The normalized spacial score (nSPS) is 17.3. The predicted molar refractivity (Wildman–Crippen MR) is 115 cm³/mol. The van der Waals surface area contributed by atoms with Crippen LogP contribution in [0.3, 0.4) is 0 Å². The predicted octanol–water partition coefficient (Wildman–Crippen LogP) is 3.65. The van der Waals surface area contributed by atoms with Crippen molar-refractivity contribution in [3.8, 4) is 22.4 Å². The van der Waals surface area contributed by atoms with Crippen molar-refractivity contribution in [3.63, 3.8) is 0 Å². The van der Waals surface area contributed by atoms with E-state index < -0.39 is 5.60 Å². The SMILES string of the molecule is Cn1cc(-c2ccc(-c3cccc4c3C(=O)N([C@H](C3CC3)C(C)(C)O)C4)cc2)nn1. The first-order chi connectivity index (χ1) is 14.3. The minimum absolute atomic E-state index is 0.0256. The van der Waals surface area contributed by atoms with Gasteiger partial charge in [0.25, 0.3) is 5.91 Å². The number of aryl methyl sites for hydroxylation is 1. The maximum absolute atomic E-state index is 13.5. The van der Waals surface area contributed by atoms with E-state index in [-0.39, 0.29) is 11.9 Å². The monoisotopic (exact) mass is 402 g/mol. The van der Waals surface area contributed by atoms with Gasteiger partial charge in [-0.15, -0.1) is 5.10 Å². The molecular weight excluding hydrogens is 376 g/mol. The van der Waals surface area contributed by atoms with Crippen molar-refractivity contribution in [1.29, 1.82) is 0 Å². The van der Waals surface area contributed by atoms with Crippen LogP contribution in [0.5, 0.6) is 0 Å². The number of fused-ring (bicyclic) bond motifs is 1. The Kier molecular flexibility index (Phi) is 4.29. The number of nitrogens with zero attached hydrogens (tertiary/aromatic N) is 4. The van der Waals surface area contributed by atoms with Gasteiger partial charge in [-0.3, -0.25) is 9.48 Å². The van der Waals surface area contributed by atoms with Gasteiger partial charge in [0.2, 0.25) is 0 Å². The van der Waals surface area contributed by atoms with Gasteiger partial charge in [0.05, 0.1) is 23.4 Å². The highest BCUT2D eigenvalue weighted by Crippen LogP contribution is 2.44. The zero-order chi connectivity index (χ0) is 21.0. The number of hydrogen-bond acceptors (Lipinski definition) is 4. The second-order valence-electron chi connectivity index (χ2n) is 9.06. The first kappa shape index (κ1) is 19.0. The smallest absolute Gasteiger partial charge is 0.255 e. The average molecular weight is 402 g/mol. The highest BCUT2D eigenvalue weighted by Gasteiger charge is 2.48. The van der Waals surface area contributed by atoms with Crippen molar-refractivity contribution >= 4 is 5.91 Å². The van der Waals surface area contributed by atoms with Crippen LogP contribution in [0, 0.1) is 5.92 Å². The van der Waals surface area contributed by atoms with Gasteiger partial charge in [-0.25, -0.2) is 0 Å². The third-order valence-corrected chi connectivity index (χ3v) is 6.19. The van der Waals surface area contributed by atoms with Crippen LogP contribution in [-0.2, 0) is 13.6 Å². The number of amides is 1. The number of carbonyl (C=O) groups excluding carboxylic acids is 1. The molecule has 2 heterocycles. The molecule has 1 atom stereocenters. The summed E-state index contributed by atoms with van der Waals surface area (Å²) in [5.74, 6) is 0.413. The quantitative estimate of drug-likeness (QED) is 0.707. The number of aliphatic hydroxyl groups is 1. The van der Waals surface area contributed by atoms with Crippen LogP contribution in [0.15, 0.2) is 48.7 Å². The fourth-order valence-electron chi connectivity index (χ4n) is 4.77. The van der Waals surface area contributed by atoms with E-state index in [2.05, 4.69) is 10.3 Å². The molecule has 154 valence electrons. The topological polar surface area (TPSA) is 71.2 Å². The minimum atomic E-state index is -0.919. The molecule has 6 heteroatoms. The Morgan fingerprint density at radius 2 is 1.80 bits per heavy atom. The molecule has 0 saturated heterocycles. The molecule has 1 fully saturated rings. The van der Waals surface area contributed by atoms with E-state index in [4.69, 9.17) is 0 Å². The Hall–Kier alpha value is -2.99. The lowest BCUT2D eigenvalue weighted by Gasteiger charge is -2.37. The molecule has 5 rings (SSSR count). The molecule has 1 N–H and O–H groups in total. The first-order valence-corrected chi connectivity index (χ1v) is 10.5. The van der Waals surface area contributed by atoms with E-state index >= 15 is 0 Å². The molecule has 1 aliphatic carbocycles. The molecule has 1 saturated carbocycles. The second-order valence-corrected chi connectivity index (χ2v) is 9.06. The number of aromatic nitrogens is 3. The Bertz CT molecular complexity index is 1110. The van der Waals surface area contributed by atoms with E-state index in [1.54, 1.807) is 4.68 Å². The van der Waals surface area contributed by atoms with Gasteiger partial charge < -0.3 is 10.0 Å². The van der Waals surface area contributed by atoms with Gasteiger partial charge in [0, 0.05) is 19.2 Å². The lowest BCUT2D eigenvalue weighted by atomic mass is 9.92. The van der Waals surface area contributed by atoms with Crippen LogP contribution in [0.2, 0.25) is 0 Å². The van der Waals surface area contributed by atoms with Crippen LogP contribution in [-0.4, -0.2) is 42.6 Å². The van der Waals surface area contributed by atoms with Gasteiger partial charge >= 0.3 is 0 Å². The fraction of sp³-hybridized carbons (Fsp3) is 0.375. The minimum Gasteiger partial charge on any atom is -0.388 e. The summed E-state index contributed by atoms with van der Waals surface area (Å²) in [6.07, 6.45) is 4.03. The average Bonchev–Trinajstić information content (AvgIpc) is 3.35. The largest absolute Gasteiger partial charge is 0.388 e. The second kappa shape index (κ2) is 6.77. The Labute approximate surface area is 176 Å². The summed E-state index contributed by atoms with van der Waals surface area (Å²) in [6.45, 7) is 4.20. The number of rotatable bonds is 5. The lowest BCUT2D eigenvalue weighted by molar-refractivity contribution is -0.0224. The van der Waals surface area contributed by atoms with Gasteiger partial charge in [-0.2, -0.15) is 0 Å². The molecule has 30 heavy (non-hydrogen) atoms. The zero-order valence-electron chi connectivity index (χ0n) is 17.5. The van der Waals surface area contributed by atoms with Crippen molar-refractivity contribution < 1.29 is 9.90 Å². The summed E-state index contributed by atoms with van der Waals surface area (Å²) in [7, 11) is 1.85. The van der Waals surface area contributed by atoms with Gasteiger partial charge in [0.15, 0.2) is 0 Å². The van der Waals surface area contributed by atoms with Crippen molar-refractivity contribution in [2.24, 2.45) is 13.0 Å². The maximum atomic E-state index is 13.5. The van der Waals surface area contributed by atoms with Gasteiger partial charge in [-0.05, 0) is 49.3 Å². The van der Waals surface area contributed by atoms with E-state index in [1.165, 1.54) is 0 Å². The molecular formula is C24H26N4O2. The molecule has 0 bridgehead atoms. The van der Waals surface area contributed by atoms with Crippen molar-refractivity contribution in [3.05, 3.63) is 59.8 Å². The maximum Gasteiger partial charge on any atom is 0.255 e. The molecule has 0 spiro atoms. The molecule has 0 unspecified atom stereocenters. The molecule has 2 aliphatic rings.